The van der Waals surface area contributed by atoms with Crippen LogP contribution in [0.2, 0.25) is 0 Å². The molecule has 0 saturated heterocycles. The minimum absolute atomic E-state index is 0.0743. The fourth-order valence-electron chi connectivity index (χ4n) is 2.40. The van der Waals surface area contributed by atoms with Crippen LogP contribution in [-0.2, 0) is 6.54 Å². The molecule has 2 rings (SSSR count). The Labute approximate surface area is 138 Å². The quantitative estimate of drug-likeness (QED) is 0.807. The highest BCUT2D eigenvalue weighted by Crippen LogP contribution is 2.12. The summed E-state index contributed by atoms with van der Waals surface area (Å²) in [5, 5.41) is 3.00. The van der Waals surface area contributed by atoms with Crippen LogP contribution >= 0.6 is 0 Å². The molecule has 1 amide bonds. The fraction of sp³-hybridized carbons (Fsp3) is 0.316. The zero-order valence-corrected chi connectivity index (χ0v) is 14.0. The first-order chi connectivity index (χ1) is 11.0. The number of hydrogen-bond donors (Lipinski definition) is 2. The van der Waals surface area contributed by atoms with Gasteiger partial charge >= 0.3 is 0 Å². The van der Waals surface area contributed by atoms with Gasteiger partial charge in [0.05, 0.1) is 0 Å². The van der Waals surface area contributed by atoms with Gasteiger partial charge in [-0.05, 0) is 44.2 Å². The number of amides is 1. The number of nitrogens with zero attached hydrogens (tertiary/aromatic N) is 1. The van der Waals surface area contributed by atoms with Crippen LogP contribution in [0.3, 0.4) is 0 Å². The van der Waals surface area contributed by atoms with Crippen LogP contribution in [0.5, 0.6) is 0 Å². The lowest BCUT2D eigenvalue weighted by atomic mass is 10.1. The predicted molar refractivity (Wildman–Crippen MR) is 95.3 cm³/mol. The van der Waals surface area contributed by atoms with Crippen LogP contribution in [-0.4, -0.2) is 30.4 Å². The van der Waals surface area contributed by atoms with Gasteiger partial charge in [0.25, 0.3) is 5.91 Å². The molecule has 1 atom stereocenters. The Morgan fingerprint density at radius 2 is 1.91 bits per heavy atom. The van der Waals surface area contributed by atoms with Crippen LogP contribution in [0, 0.1) is 6.92 Å². The molecule has 1 unspecified atom stereocenters. The van der Waals surface area contributed by atoms with E-state index in [1.165, 1.54) is 5.56 Å². The van der Waals surface area contributed by atoms with Gasteiger partial charge in [-0.15, -0.1) is 0 Å². The molecule has 0 saturated carbocycles. The molecule has 4 heteroatoms. The molecule has 0 fully saturated rings. The predicted octanol–water partition coefficient (Wildman–Crippen LogP) is 2.83. The molecule has 0 bridgehead atoms. The zero-order chi connectivity index (χ0) is 16.8. The highest BCUT2D eigenvalue weighted by Gasteiger charge is 2.13. The molecule has 2 aromatic rings. The minimum atomic E-state index is -0.0743. The Morgan fingerprint density at radius 3 is 2.61 bits per heavy atom. The van der Waals surface area contributed by atoms with Gasteiger partial charge in [-0.3, -0.25) is 9.69 Å². The number of aryl methyl sites for hydroxylation is 1. The number of hydrogen-bond acceptors (Lipinski definition) is 3. The maximum Gasteiger partial charge on any atom is 0.251 e. The Hall–Kier alpha value is -2.33. The summed E-state index contributed by atoms with van der Waals surface area (Å²) in [5.74, 6) is -0.0743. The first-order valence-corrected chi connectivity index (χ1v) is 7.86. The Morgan fingerprint density at radius 1 is 1.22 bits per heavy atom. The van der Waals surface area contributed by atoms with Gasteiger partial charge < -0.3 is 11.1 Å². The van der Waals surface area contributed by atoms with E-state index < -0.39 is 0 Å². The summed E-state index contributed by atoms with van der Waals surface area (Å²) in [6, 6.07) is 16.0. The fourth-order valence-corrected chi connectivity index (χ4v) is 2.40. The summed E-state index contributed by atoms with van der Waals surface area (Å²) < 4.78 is 0. The van der Waals surface area contributed by atoms with Gasteiger partial charge in [-0.2, -0.15) is 0 Å². The molecule has 0 aliphatic rings. The van der Waals surface area contributed by atoms with Gasteiger partial charge in [0.2, 0.25) is 0 Å². The summed E-state index contributed by atoms with van der Waals surface area (Å²) in [6.07, 6.45) is 0. The molecule has 122 valence electrons. The standard InChI is InChI=1S/C19H25N3O/c1-14-9-10-17(20)11-18(14)19(23)21-12-15(2)22(3)13-16-7-5-4-6-8-16/h4-11,15H,12-13,20H2,1-3H3,(H,21,23). The van der Waals surface area contributed by atoms with Crippen LogP contribution in [0.15, 0.2) is 48.5 Å². The summed E-state index contributed by atoms with van der Waals surface area (Å²) >= 11 is 0. The van der Waals surface area contributed by atoms with Crippen molar-refractivity contribution >= 4 is 11.6 Å². The van der Waals surface area contributed by atoms with Gasteiger partial charge in [-0.25, -0.2) is 0 Å². The normalized spacial score (nSPS) is 12.2. The Bertz CT molecular complexity index is 655. The van der Waals surface area contributed by atoms with E-state index >= 15 is 0 Å². The summed E-state index contributed by atoms with van der Waals surface area (Å²) in [5.41, 5.74) is 9.21. The summed E-state index contributed by atoms with van der Waals surface area (Å²) in [7, 11) is 2.07. The topological polar surface area (TPSA) is 58.4 Å². The van der Waals surface area contributed by atoms with Crippen molar-refractivity contribution in [1.82, 2.24) is 10.2 Å². The SMILES string of the molecule is Cc1ccc(N)cc1C(=O)NCC(C)N(C)Cc1ccccc1. The maximum atomic E-state index is 12.3. The van der Waals surface area contributed by atoms with Gasteiger partial charge in [-0.1, -0.05) is 36.4 Å². The third-order valence-electron chi connectivity index (χ3n) is 4.09. The highest BCUT2D eigenvalue weighted by atomic mass is 16.1. The molecular weight excluding hydrogens is 286 g/mol. The first-order valence-electron chi connectivity index (χ1n) is 7.86. The average Bonchev–Trinajstić information content (AvgIpc) is 2.55. The van der Waals surface area contributed by atoms with Crippen LogP contribution in [0.1, 0.15) is 28.4 Å². The number of rotatable bonds is 6. The third kappa shape index (κ3) is 4.83. The van der Waals surface area contributed by atoms with Crippen molar-refractivity contribution in [3.05, 3.63) is 65.2 Å². The van der Waals surface area contributed by atoms with Crippen LogP contribution in [0.25, 0.3) is 0 Å². The number of benzene rings is 2. The second kappa shape index (κ2) is 7.79. The van der Waals surface area contributed by atoms with Crippen LogP contribution in [0.4, 0.5) is 5.69 Å². The number of likely N-dealkylation sites (N-methyl/N-ethyl adjacent to an activating group) is 1. The lowest BCUT2D eigenvalue weighted by Crippen LogP contribution is -2.40. The highest BCUT2D eigenvalue weighted by molar-refractivity contribution is 5.96. The van der Waals surface area contributed by atoms with E-state index in [-0.39, 0.29) is 11.9 Å². The van der Waals surface area contributed by atoms with Crippen molar-refractivity contribution in [2.45, 2.75) is 26.4 Å². The lowest BCUT2D eigenvalue weighted by molar-refractivity contribution is 0.0939. The maximum absolute atomic E-state index is 12.3. The molecule has 23 heavy (non-hydrogen) atoms. The number of anilines is 1. The minimum Gasteiger partial charge on any atom is -0.399 e. The number of nitrogens with one attached hydrogen (secondary N) is 1. The van der Waals surface area contributed by atoms with E-state index in [0.29, 0.717) is 17.8 Å². The molecule has 2 aromatic carbocycles. The molecule has 0 radical (unpaired) electrons. The zero-order valence-electron chi connectivity index (χ0n) is 14.0. The van der Waals surface area contributed by atoms with Crippen molar-refractivity contribution in [1.29, 1.82) is 0 Å². The second-order valence-electron chi connectivity index (χ2n) is 6.03. The monoisotopic (exact) mass is 311 g/mol. The molecule has 0 aliphatic heterocycles. The van der Waals surface area contributed by atoms with Crippen LogP contribution < -0.4 is 11.1 Å². The van der Waals surface area contributed by atoms with Crippen molar-refractivity contribution < 1.29 is 4.79 Å². The number of nitrogens with two attached hydrogens (primary N) is 1. The second-order valence-corrected chi connectivity index (χ2v) is 6.03. The van der Waals surface area contributed by atoms with Crippen molar-refractivity contribution in [3.8, 4) is 0 Å². The van der Waals surface area contributed by atoms with Crippen molar-refractivity contribution in [2.24, 2.45) is 0 Å². The largest absolute Gasteiger partial charge is 0.399 e. The van der Waals surface area contributed by atoms with E-state index in [9.17, 15) is 4.79 Å². The molecule has 4 nitrogen and oxygen atoms in total. The molecule has 0 aromatic heterocycles. The summed E-state index contributed by atoms with van der Waals surface area (Å²) in [4.78, 5) is 14.5. The molecule has 0 spiro atoms. The first kappa shape index (κ1) is 17.0. The molecule has 0 aliphatic carbocycles. The van der Waals surface area contributed by atoms with E-state index in [2.05, 4.69) is 36.3 Å². The van der Waals surface area contributed by atoms with Gasteiger partial charge in [0.15, 0.2) is 0 Å². The smallest absolute Gasteiger partial charge is 0.251 e. The third-order valence-corrected chi connectivity index (χ3v) is 4.09. The van der Waals surface area contributed by atoms with E-state index in [1.807, 2.05) is 37.3 Å². The van der Waals surface area contributed by atoms with Gasteiger partial charge in [0, 0.05) is 30.4 Å². The number of carbonyl (C=O) groups is 1. The Balaban J connectivity index is 1.89. The van der Waals surface area contributed by atoms with E-state index in [0.717, 1.165) is 12.1 Å². The summed E-state index contributed by atoms with van der Waals surface area (Å²) in [6.45, 7) is 5.47. The van der Waals surface area contributed by atoms with Gasteiger partial charge in [0.1, 0.15) is 0 Å². The van der Waals surface area contributed by atoms with E-state index in [1.54, 1.807) is 6.07 Å². The molecular formula is C19H25N3O. The molecule has 0 heterocycles. The lowest BCUT2D eigenvalue weighted by Gasteiger charge is -2.25. The molecule has 3 N–H and O–H groups in total. The van der Waals surface area contributed by atoms with E-state index in [4.69, 9.17) is 5.73 Å². The number of nitrogen functional groups attached to an aromatic ring is 1. The average molecular weight is 311 g/mol. The van der Waals surface area contributed by atoms with Crippen molar-refractivity contribution in [2.75, 3.05) is 19.3 Å². The van der Waals surface area contributed by atoms with Crippen molar-refractivity contribution in [3.63, 3.8) is 0 Å². The Kier molecular flexibility index (Phi) is 5.77. The number of carbonyl (C=O) groups excluding carboxylic acids is 1.